The van der Waals surface area contributed by atoms with Crippen LogP contribution in [0.3, 0.4) is 0 Å². The van der Waals surface area contributed by atoms with Crippen molar-refractivity contribution in [1.29, 1.82) is 0 Å². The molecule has 1 fully saturated rings. The maximum Gasteiger partial charge on any atom is 0.258 e. The number of hydrogen-bond acceptors (Lipinski definition) is 3. The molecule has 1 aromatic rings. The fourth-order valence-electron chi connectivity index (χ4n) is 2.15. The molecule has 1 saturated carbocycles. The second-order valence-corrected chi connectivity index (χ2v) is 6.07. The van der Waals surface area contributed by atoms with E-state index >= 15 is 0 Å². The van der Waals surface area contributed by atoms with Crippen molar-refractivity contribution >= 4 is 35.8 Å². The third-order valence-electron chi connectivity index (χ3n) is 3.75. The van der Waals surface area contributed by atoms with Gasteiger partial charge in [-0.1, -0.05) is 25.5 Å². The van der Waals surface area contributed by atoms with E-state index < -0.39 is 0 Å². The second-order valence-electron chi connectivity index (χ2n) is 6.07. The first-order chi connectivity index (χ1) is 11.7. The van der Waals surface area contributed by atoms with Crippen molar-refractivity contribution in [1.82, 2.24) is 10.6 Å². The summed E-state index contributed by atoms with van der Waals surface area (Å²) in [6, 6.07) is 8.14. The number of nitrogens with two attached hydrogens (primary N) is 1. The van der Waals surface area contributed by atoms with Gasteiger partial charge in [0.15, 0.2) is 12.6 Å². The molecule has 1 aromatic carbocycles. The largest absolute Gasteiger partial charge is 0.484 e. The van der Waals surface area contributed by atoms with Crippen LogP contribution in [0.15, 0.2) is 29.3 Å². The molecule has 0 heterocycles. The monoisotopic (exact) mass is 460 g/mol. The molecule has 7 heteroatoms. The lowest BCUT2D eigenvalue weighted by molar-refractivity contribution is -0.123. The summed E-state index contributed by atoms with van der Waals surface area (Å²) in [6.45, 7) is 3.72. The van der Waals surface area contributed by atoms with E-state index in [0.29, 0.717) is 17.8 Å². The Morgan fingerprint density at radius 3 is 2.68 bits per heavy atom. The van der Waals surface area contributed by atoms with Gasteiger partial charge in [0.2, 0.25) is 0 Å². The van der Waals surface area contributed by atoms with E-state index in [1.165, 1.54) is 5.56 Å². The van der Waals surface area contributed by atoms with Gasteiger partial charge >= 0.3 is 0 Å². The van der Waals surface area contributed by atoms with Crippen LogP contribution in [0, 0.1) is 0 Å². The van der Waals surface area contributed by atoms with E-state index in [9.17, 15) is 4.79 Å². The van der Waals surface area contributed by atoms with Crippen LogP contribution in [-0.2, 0) is 11.2 Å². The molecule has 4 N–H and O–H groups in total. The summed E-state index contributed by atoms with van der Waals surface area (Å²) in [6.07, 6.45) is 5.20. The van der Waals surface area contributed by atoms with Crippen LogP contribution in [-0.4, -0.2) is 37.6 Å². The smallest absolute Gasteiger partial charge is 0.258 e. The molecular weight excluding hydrogens is 431 g/mol. The Balaban J connectivity index is 0.00000312. The average molecular weight is 460 g/mol. The number of carbonyl (C=O) groups excluding carboxylic acids is 1. The van der Waals surface area contributed by atoms with Crippen molar-refractivity contribution < 1.29 is 9.53 Å². The number of guanidine groups is 1. The number of ether oxygens (including phenoxy) is 1. The summed E-state index contributed by atoms with van der Waals surface area (Å²) < 4.78 is 5.48. The Morgan fingerprint density at radius 2 is 2.04 bits per heavy atom. The average Bonchev–Trinajstić information content (AvgIpc) is 3.38. The van der Waals surface area contributed by atoms with E-state index in [2.05, 4.69) is 22.5 Å². The number of benzene rings is 1. The Bertz CT molecular complexity index is 545. The van der Waals surface area contributed by atoms with Crippen molar-refractivity contribution in [2.75, 3.05) is 19.7 Å². The molecule has 0 atom stereocenters. The number of hydrogen-bond donors (Lipinski definition) is 3. The molecular formula is C18H29IN4O2. The lowest BCUT2D eigenvalue weighted by atomic mass is 10.1. The number of nitrogens with zero attached hydrogens (tertiary/aromatic N) is 1. The predicted molar refractivity (Wildman–Crippen MR) is 112 cm³/mol. The summed E-state index contributed by atoms with van der Waals surface area (Å²) in [5, 5.41) is 6.01. The second kappa shape index (κ2) is 11.9. The van der Waals surface area contributed by atoms with Gasteiger partial charge in [-0.3, -0.25) is 9.79 Å². The molecule has 2 rings (SSSR count). The highest BCUT2D eigenvalue weighted by molar-refractivity contribution is 14.0. The molecule has 0 aliphatic heterocycles. The third kappa shape index (κ3) is 9.52. The van der Waals surface area contributed by atoms with Crippen LogP contribution in [0.2, 0.25) is 0 Å². The Kier molecular flexibility index (Phi) is 10.3. The van der Waals surface area contributed by atoms with Crippen LogP contribution >= 0.6 is 24.0 Å². The Hall–Kier alpha value is -1.51. The van der Waals surface area contributed by atoms with Crippen molar-refractivity contribution in [3.05, 3.63) is 29.8 Å². The number of amides is 1. The minimum absolute atomic E-state index is 0. The summed E-state index contributed by atoms with van der Waals surface area (Å²) in [5.74, 6) is 1.16. The van der Waals surface area contributed by atoms with Crippen LogP contribution in [0.4, 0.5) is 0 Å². The fraction of sp³-hybridized carbons (Fsp3) is 0.556. The number of unbranched alkanes of at least 4 members (excludes halogenated alkanes) is 1. The highest BCUT2D eigenvalue weighted by atomic mass is 127. The topological polar surface area (TPSA) is 88.7 Å². The molecule has 25 heavy (non-hydrogen) atoms. The summed E-state index contributed by atoms with van der Waals surface area (Å²) >= 11 is 0. The van der Waals surface area contributed by atoms with Crippen molar-refractivity contribution in [3.63, 3.8) is 0 Å². The van der Waals surface area contributed by atoms with Gasteiger partial charge in [-0.15, -0.1) is 24.0 Å². The third-order valence-corrected chi connectivity index (χ3v) is 3.75. The maximum absolute atomic E-state index is 11.6. The van der Waals surface area contributed by atoms with Crippen LogP contribution in [0.1, 0.15) is 38.2 Å². The van der Waals surface area contributed by atoms with E-state index in [1.807, 2.05) is 24.3 Å². The number of aliphatic imine (C=N–C) groups is 1. The molecule has 1 aliphatic carbocycles. The lowest BCUT2D eigenvalue weighted by Crippen LogP contribution is -2.33. The highest BCUT2D eigenvalue weighted by Gasteiger charge is 2.23. The van der Waals surface area contributed by atoms with E-state index in [4.69, 9.17) is 10.5 Å². The van der Waals surface area contributed by atoms with Crippen LogP contribution in [0.25, 0.3) is 0 Å². The first kappa shape index (κ1) is 21.5. The van der Waals surface area contributed by atoms with Gasteiger partial charge in [0.1, 0.15) is 5.75 Å². The molecule has 0 radical (unpaired) electrons. The van der Waals surface area contributed by atoms with E-state index in [0.717, 1.165) is 45.2 Å². The molecule has 0 bridgehead atoms. The van der Waals surface area contributed by atoms with Gasteiger partial charge in [-0.25, -0.2) is 0 Å². The molecule has 1 aliphatic rings. The van der Waals surface area contributed by atoms with Crippen molar-refractivity contribution in [3.8, 4) is 5.75 Å². The Labute approximate surface area is 167 Å². The Morgan fingerprint density at radius 1 is 1.32 bits per heavy atom. The molecule has 0 aromatic heterocycles. The van der Waals surface area contributed by atoms with E-state index in [-0.39, 0.29) is 36.5 Å². The van der Waals surface area contributed by atoms with Gasteiger partial charge in [-0.05, 0) is 43.4 Å². The molecule has 1 amide bonds. The first-order valence-corrected chi connectivity index (χ1v) is 8.72. The predicted octanol–water partition coefficient (Wildman–Crippen LogP) is 2.21. The van der Waals surface area contributed by atoms with Crippen molar-refractivity contribution in [2.45, 2.75) is 45.1 Å². The van der Waals surface area contributed by atoms with Crippen LogP contribution < -0.4 is 21.1 Å². The van der Waals surface area contributed by atoms with Crippen LogP contribution in [0.5, 0.6) is 5.75 Å². The SMILES string of the molecule is CCCCN=C(N)NCCc1ccc(OCC(=O)NC2CC2)cc1.I. The van der Waals surface area contributed by atoms with Gasteiger partial charge in [0, 0.05) is 19.1 Å². The lowest BCUT2D eigenvalue weighted by Gasteiger charge is -2.08. The van der Waals surface area contributed by atoms with E-state index in [1.54, 1.807) is 0 Å². The van der Waals surface area contributed by atoms with Crippen molar-refractivity contribution in [2.24, 2.45) is 10.7 Å². The van der Waals surface area contributed by atoms with Gasteiger partial charge in [0.25, 0.3) is 5.91 Å². The molecule has 6 nitrogen and oxygen atoms in total. The maximum atomic E-state index is 11.6. The number of halogens is 1. The minimum Gasteiger partial charge on any atom is -0.484 e. The normalized spacial score (nSPS) is 13.7. The number of carbonyl (C=O) groups is 1. The first-order valence-electron chi connectivity index (χ1n) is 8.72. The summed E-state index contributed by atoms with van der Waals surface area (Å²) in [5.41, 5.74) is 6.97. The van der Waals surface area contributed by atoms with Gasteiger partial charge in [-0.2, -0.15) is 0 Å². The van der Waals surface area contributed by atoms with Gasteiger partial charge < -0.3 is 21.1 Å². The molecule has 140 valence electrons. The quantitative estimate of drug-likeness (QED) is 0.216. The standard InChI is InChI=1S/C18H28N4O2.HI/c1-2-3-11-20-18(19)21-12-10-14-4-8-16(9-5-14)24-13-17(23)22-15-6-7-15;/h4-5,8-9,15H,2-3,6-7,10-13H2,1H3,(H,22,23)(H3,19,20,21);1H. The highest BCUT2D eigenvalue weighted by Crippen LogP contribution is 2.18. The zero-order valence-electron chi connectivity index (χ0n) is 14.8. The van der Waals surface area contributed by atoms with Gasteiger partial charge in [0.05, 0.1) is 0 Å². The summed E-state index contributed by atoms with van der Waals surface area (Å²) in [4.78, 5) is 15.8. The fourth-order valence-corrected chi connectivity index (χ4v) is 2.15. The summed E-state index contributed by atoms with van der Waals surface area (Å²) in [7, 11) is 0. The molecule has 0 spiro atoms. The molecule has 0 saturated heterocycles. The number of rotatable bonds is 10. The zero-order valence-corrected chi connectivity index (χ0v) is 17.1. The zero-order chi connectivity index (χ0) is 17.2. The number of nitrogens with one attached hydrogen (secondary N) is 2. The molecule has 0 unspecified atom stereocenters. The minimum atomic E-state index is -0.0522.